The molecule has 0 aliphatic heterocycles. The summed E-state index contributed by atoms with van der Waals surface area (Å²) in [6, 6.07) is 8.27. The number of nitrogens with one attached hydrogen (secondary N) is 1. The lowest BCUT2D eigenvalue weighted by molar-refractivity contribution is -0.114. The van der Waals surface area contributed by atoms with E-state index in [0.29, 0.717) is 5.75 Å². The van der Waals surface area contributed by atoms with Gasteiger partial charge in [0.25, 0.3) is 0 Å². The zero-order chi connectivity index (χ0) is 24.8. The number of carbonyl (C=O) groups is 3. The van der Waals surface area contributed by atoms with Crippen molar-refractivity contribution < 1.29 is 41.7 Å². The molecule has 1 amide bonds. The summed E-state index contributed by atoms with van der Waals surface area (Å²) in [5.74, 6) is -1.61. The molecule has 0 atom stereocenters. The molecule has 178 valence electrons. The summed E-state index contributed by atoms with van der Waals surface area (Å²) < 4.78 is 45.4. The fourth-order valence-corrected chi connectivity index (χ4v) is 3.73. The number of ether oxygens (including phenoxy) is 4. The van der Waals surface area contributed by atoms with Gasteiger partial charge in [-0.25, -0.2) is 18.0 Å². The van der Waals surface area contributed by atoms with Crippen molar-refractivity contribution in [2.24, 2.45) is 0 Å². The molecule has 2 aromatic carbocycles. The van der Waals surface area contributed by atoms with Crippen molar-refractivity contribution in [2.45, 2.75) is 0 Å². The standard InChI is InChI=1S/C21H24N2O9S/c1-29-16-6-7-17(18(11-16)30-2)23(33(5,27)28)12-19(24)22-15-9-13(20(25)31-3)8-14(10-15)21(26)32-4/h6-11H,12H2,1-5H3,(H,22,24). The molecule has 33 heavy (non-hydrogen) atoms. The third-order valence-corrected chi connectivity index (χ3v) is 5.53. The largest absolute Gasteiger partial charge is 0.497 e. The van der Waals surface area contributed by atoms with E-state index in [2.05, 4.69) is 14.8 Å². The average molecular weight is 480 g/mol. The second-order valence-corrected chi connectivity index (χ2v) is 8.54. The SMILES string of the molecule is COC(=O)c1cc(NC(=O)CN(c2ccc(OC)cc2OC)S(C)(=O)=O)cc(C(=O)OC)c1. The highest BCUT2D eigenvalue weighted by atomic mass is 32.2. The minimum atomic E-state index is -3.91. The Morgan fingerprint density at radius 3 is 1.91 bits per heavy atom. The molecule has 0 fully saturated rings. The third kappa shape index (κ3) is 6.35. The number of methoxy groups -OCH3 is 4. The Morgan fingerprint density at radius 2 is 1.45 bits per heavy atom. The van der Waals surface area contributed by atoms with Crippen LogP contribution in [0.1, 0.15) is 20.7 Å². The van der Waals surface area contributed by atoms with Gasteiger partial charge < -0.3 is 24.3 Å². The summed E-state index contributed by atoms with van der Waals surface area (Å²) in [5, 5.41) is 2.49. The Hall–Kier alpha value is -3.80. The topological polar surface area (TPSA) is 138 Å². The smallest absolute Gasteiger partial charge is 0.337 e. The van der Waals surface area contributed by atoms with E-state index in [0.717, 1.165) is 24.8 Å². The molecule has 2 rings (SSSR count). The molecular weight excluding hydrogens is 456 g/mol. The fourth-order valence-electron chi connectivity index (χ4n) is 2.87. The van der Waals surface area contributed by atoms with E-state index in [-0.39, 0.29) is 28.3 Å². The van der Waals surface area contributed by atoms with Crippen LogP contribution in [-0.4, -0.2) is 67.5 Å². The van der Waals surface area contributed by atoms with Crippen molar-refractivity contribution in [3.8, 4) is 11.5 Å². The molecule has 0 heterocycles. The van der Waals surface area contributed by atoms with Crippen LogP contribution in [0, 0.1) is 0 Å². The van der Waals surface area contributed by atoms with Crippen LogP contribution in [0.4, 0.5) is 11.4 Å². The highest BCUT2D eigenvalue weighted by molar-refractivity contribution is 7.92. The highest BCUT2D eigenvalue weighted by Gasteiger charge is 2.25. The normalized spacial score (nSPS) is 10.7. The first kappa shape index (κ1) is 25.5. The molecule has 0 aliphatic carbocycles. The Balaban J connectivity index is 2.39. The molecule has 12 heteroatoms. The number of sulfonamides is 1. The molecular formula is C21H24N2O9S. The van der Waals surface area contributed by atoms with Crippen molar-refractivity contribution in [1.29, 1.82) is 0 Å². The average Bonchev–Trinajstić information content (AvgIpc) is 2.80. The number of anilines is 2. The second-order valence-electron chi connectivity index (χ2n) is 6.64. The van der Waals surface area contributed by atoms with Gasteiger partial charge in [-0.15, -0.1) is 0 Å². The summed E-state index contributed by atoms with van der Waals surface area (Å²) in [6.07, 6.45) is 0.942. The van der Waals surface area contributed by atoms with E-state index < -0.39 is 34.4 Å². The summed E-state index contributed by atoms with van der Waals surface area (Å²) in [6.45, 7) is -0.614. The number of carbonyl (C=O) groups excluding carboxylic acids is 3. The summed E-state index contributed by atoms with van der Waals surface area (Å²) in [4.78, 5) is 36.6. The van der Waals surface area contributed by atoms with Crippen molar-refractivity contribution in [3.05, 3.63) is 47.5 Å². The van der Waals surface area contributed by atoms with Gasteiger partial charge in [0, 0.05) is 11.8 Å². The van der Waals surface area contributed by atoms with Gasteiger partial charge in [-0.05, 0) is 30.3 Å². The first-order valence-corrected chi connectivity index (χ1v) is 11.2. The van der Waals surface area contributed by atoms with E-state index in [1.807, 2.05) is 0 Å². The monoisotopic (exact) mass is 480 g/mol. The lowest BCUT2D eigenvalue weighted by Gasteiger charge is -2.24. The molecule has 0 bridgehead atoms. The summed E-state index contributed by atoms with van der Waals surface area (Å²) in [5.41, 5.74) is 0.174. The van der Waals surface area contributed by atoms with Crippen molar-refractivity contribution in [3.63, 3.8) is 0 Å². The zero-order valence-corrected chi connectivity index (χ0v) is 19.5. The van der Waals surface area contributed by atoms with Crippen LogP contribution >= 0.6 is 0 Å². The quantitative estimate of drug-likeness (QED) is 0.531. The number of nitrogens with zero attached hydrogens (tertiary/aromatic N) is 1. The minimum Gasteiger partial charge on any atom is -0.497 e. The van der Waals surface area contributed by atoms with Gasteiger partial charge in [0.2, 0.25) is 15.9 Å². The summed E-state index contributed by atoms with van der Waals surface area (Å²) >= 11 is 0. The molecule has 0 spiro atoms. The van der Waals surface area contributed by atoms with Crippen LogP contribution < -0.4 is 19.1 Å². The van der Waals surface area contributed by atoms with E-state index >= 15 is 0 Å². The van der Waals surface area contributed by atoms with Gasteiger partial charge in [-0.3, -0.25) is 9.10 Å². The minimum absolute atomic E-state index is 0.00695. The molecule has 0 aliphatic rings. The maximum Gasteiger partial charge on any atom is 0.337 e. The highest BCUT2D eigenvalue weighted by Crippen LogP contribution is 2.33. The number of rotatable bonds is 9. The Labute approximate surface area is 191 Å². The Bertz CT molecular complexity index is 1130. The predicted octanol–water partition coefficient (Wildman–Crippen LogP) is 1.68. The molecule has 0 radical (unpaired) electrons. The number of benzene rings is 2. The van der Waals surface area contributed by atoms with E-state index in [9.17, 15) is 22.8 Å². The number of hydrogen-bond donors (Lipinski definition) is 1. The maximum atomic E-state index is 12.8. The molecule has 0 saturated heterocycles. The first-order valence-electron chi connectivity index (χ1n) is 9.35. The van der Waals surface area contributed by atoms with Gasteiger partial charge in [0.15, 0.2) is 0 Å². The van der Waals surface area contributed by atoms with Gasteiger partial charge in [-0.1, -0.05) is 0 Å². The fraction of sp³-hybridized carbons (Fsp3) is 0.286. The molecule has 1 N–H and O–H groups in total. The zero-order valence-electron chi connectivity index (χ0n) is 18.7. The van der Waals surface area contributed by atoms with Crippen molar-refractivity contribution >= 4 is 39.2 Å². The predicted molar refractivity (Wildman–Crippen MR) is 119 cm³/mol. The molecule has 11 nitrogen and oxygen atoms in total. The second kappa shape index (κ2) is 10.7. The first-order chi connectivity index (χ1) is 15.5. The third-order valence-electron chi connectivity index (χ3n) is 4.40. The van der Waals surface area contributed by atoms with Gasteiger partial charge in [0.05, 0.1) is 51.5 Å². The lowest BCUT2D eigenvalue weighted by Crippen LogP contribution is -2.37. The van der Waals surface area contributed by atoms with E-state index in [1.165, 1.54) is 50.6 Å². The number of esters is 2. The molecule has 0 unspecified atom stereocenters. The van der Waals surface area contributed by atoms with Gasteiger partial charge in [-0.2, -0.15) is 0 Å². The molecule has 2 aromatic rings. The molecule has 0 aromatic heterocycles. The van der Waals surface area contributed by atoms with Crippen LogP contribution in [0.15, 0.2) is 36.4 Å². The van der Waals surface area contributed by atoms with E-state index in [1.54, 1.807) is 0 Å². The van der Waals surface area contributed by atoms with E-state index in [4.69, 9.17) is 9.47 Å². The molecule has 0 saturated carbocycles. The van der Waals surface area contributed by atoms with Crippen molar-refractivity contribution in [2.75, 3.05) is 50.9 Å². The maximum absolute atomic E-state index is 12.8. The van der Waals surface area contributed by atoms with Crippen molar-refractivity contribution in [1.82, 2.24) is 0 Å². The van der Waals surface area contributed by atoms with Gasteiger partial charge >= 0.3 is 11.9 Å². The number of hydrogen-bond acceptors (Lipinski definition) is 9. The Morgan fingerprint density at radius 1 is 0.879 bits per heavy atom. The van der Waals surface area contributed by atoms with Gasteiger partial charge in [0.1, 0.15) is 18.0 Å². The summed E-state index contributed by atoms with van der Waals surface area (Å²) in [7, 11) is 1.22. The van der Waals surface area contributed by atoms with Crippen LogP contribution in [0.5, 0.6) is 11.5 Å². The lowest BCUT2D eigenvalue weighted by atomic mass is 10.1. The van der Waals surface area contributed by atoms with Crippen LogP contribution in [-0.2, 0) is 24.3 Å². The Kier molecular flexibility index (Phi) is 8.24. The van der Waals surface area contributed by atoms with Crippen LogP contribution in [0.25, 0.3) is 0 Å². The number of amides is 1. The van der Waals surface area contributed by atoms with Crippen LogP contribution in [0.3, 0.4) is 0 Å². The van der Waals surface area contributed by atoms with Crippen LogP contribution in [0.2, 0.25) is 0 Å².